The third-order valence-corrected chi connectivity index (χ3v) is 5.59. The molecule has 0 aliphatic carbocycles. The Hall–Kier alpha value is -2.59. The van der Waals surface area contributed by atoms with Crippen molar-refractivity contribution in [1.29, 1.82) is 0 Å². The number of amides is 1. The van der Waals surface area contributed by atoms with Crippen molar-refractivity contribution in [2.45, 2.75) is 30.6 Å². The molecule has 1 amide bonds. The Morgan fingerprint density at radius 3 is 2.46 bits per heavy atom. The number of hydrogen-bond acceptors (Lipinski definition) is 4. The van der Waals surface area contributed by atoms with Gasteiger partial charge in [0.15, 0.2) is 0 Å². The first-order valence-corrected chi connectivity index (χ1v) is 9.77. The number of alkyl halides is 3. The third-order valence-electron chi connectivity index (χ3n) is 4.18. The van der Waals surface area contributed by atoms with E-state index in [4.69, 9.17) is 4.74 Å². The number of fused-ring (bicyclic) bond motifs is 1. The molecule has 0 fully saturated rings. The van der Waals surface area contributed by atoms with Crippen LogP contribution in [0.2, 0.25) is 0 Å². The highest BCUT2D eigenvalue weighted by Crippen LogP contribution is 2.36. The number of carbonyl (C=O) groups excluding carboxylic acids is 1. The monoisotopic (exact) mass is 414 g/mol. The smallest absolute Gasteiger partial charge is 0.415 e. The fourth-order valence-electron chi connectivity index (χ4n) is 2.85. The summed E-state index contributed by atoms with van der Waals surface area (Å²) in [6.45, 7) is 0.00949. The van der Waals surface area contributed by atoms with Gasteiger partial charge >= 0.3 is 12.3 Å². The standard InChI is InChI=1S/C18H17F3N2O4S/c1-12-15-9-13(10-22-28(25,26)14-5-3-2-4-6-14)7-8-16(15)23(17(24)27-12)11-18(19,20)21/h2-9,12,22H,10-11H2,1H3. The van der Waals surface area contributed by atoms with E-state index in [1.807, 2.05) is 0 Å². The van der Waals surface area contributed by atoms with E-state index in [0.717, 1.165) is 0 Å². The minimum Gasteiger partial charge on any atom is -0.441 e. The first-order chi connectivity index (χ1) is 13.1. The molecule has 0 aromatic heterocycles. The molecule has 1 aliphatic rings. The zero-order valence-electron chi connectivity index (χ0n) is 14.7. The fourth-order valence-corrected chi connectivity index (χ4v) is 3.89. The van der Waals surface area contributed by atoms with Crippen molar-refractivity contribution in [3.8, 4) is 0 Å². The molecule has 1 heterocycles. The Morgan fingerprint density at radius 1 is 1.14 bits per heavy atom. The maximum Gasteiger partial charge on any atom is 0.415 e. The van der Waals surface area contributed by atoms with Gasteiger partial charge in [-0.2, -0.15) is 13.2 Å². The number of benzene rings is 2. The Labute approximate surface area is 160 Å². The lowest BCUT2D eigenvalue weighted by Crippen LogP contribution is -2.43. The van der Waals surface area contributed by atoms with Crippen LogP contribution in [0.1, 0.15) is 24.2 Å². The lowest BCUT2D eigenvalue weighted by Gasteiger charge is -2.33. The van der Waals surface area contributed by atoms with Crippen LogP contribution in [-0.2, 0) is 21.3 Å². The first kappa shape index (κ1) is 20.2. The average molecular weight is 414 g/mol. The highest BCUT2D eigenvalue weighted by atomic mass is 32.2. The van der Waals surface area contributed by atoms with Crippen LogP contribution < -0.4 is 9.62 Å². The zero-order chi connectivity index (χ0) is 20.5. The van der Waals surface area contributed by atoms with Crippen molar-refractivity contribution >= 4 is 21.8 Å². The van der Waals surface area contributed by atoms with Gasteiger partial charge in [-0.3, -0.25) is 4.90 Å². The summed E-state index contributed by atoms with van der Waals surface area (Å²) in [4.78, 5) is 12.5. The van der Waals surface area contributed by atoms with Crippen molar-refractivity contribution in [2.24, 2.45) is 0 Å². The fraction of sp³-hybridized carbons (Fsp3) is 0.278. The van der Waals surface area contributed by atoms with Crippen LogP contribution in [-0.4, -0.2) is 27.2 Å². The highest BCUT2D eigenvalue weighted by molar-refractivity contribution is 7.89. The van der Waals surface area contributed by atoms with Gasteiger partial charge in [-0.05, 0) is 36.8 Å². The molecule has 150 valence electrons. The molecule has 2 aromatic rings. The summed E-state index contributed by atoms with van der Waals surface area (Å²) in [7, 11) is -3.73. The summed E-state index contributed by atoms with van der Waals surface area (Å²) in [5.41, 5.74) is 0.992. The predicted molar refractivity (Wildman–Crippen MR) is 95.2 cm³/mol. The number of hydrogen-bond donors (Lipinski definition) is 1. The number of rotatable bonds is 5. The lowest BCUT2D eigenvalue weighted by molar-refractivity contribution is -0.119. The summed E-state index contributed by atoms with van der Waals surface area (Å²) < 4.78 is 70.3. The number of halogens is 3. The molecular weight excluding hydrogens is 397 g/mol. The predicted octanol–water partition coefficient (Wildman–Crippen LogP) is 3.75. The Bertz CT molecular complexity index is 978. The zero-order valence-corrected chi connectivity index (χ0v) is 15.5. The molecular formula is C18H17F3N2O4S. The normalized spacial score (nSPS) is 17.2. The van der Waals surface area contributed by atoms with Gasteiger partial charge in [0.2, 0.25) is 10.0 Å². The third kappa shape index (κ3) is 4.45. The number of cyclic esters (lactones) is 1. The summed E-state index contributed by atoms with van der Waals surface area (Å²) in [6.07, 6.45) is -6.41. The van der Waals surface area contributed by atoms with Gasteiger partial charge in [0, 0.05) is 12.1 Å². The largest absolute Gasteiger partial charge is 0.441 e. The van der Waals surface area contributed by atoms with E-state index in [1.54, 1.807) is 25.1 Å². The second-order valence-corrected chi connectivity index (χ2v) is 8.03. The van der Waals surface area contributed by atoms with Crippen molar-refractivity contribution in [3.63, 3.8) is 0 Å². The van der Waals surface area contributed by atoms with Crippen LogP contribution in [0.3, 0.4) is 0 Å². The van der Waals surface area contributed by atoms with E-state index < -0.39 is 34.9 Å². The Morgan fingerprint density at radius 2 is 1.82 bits per heavy atom. The molecule has 0 spiro atoms. The van der Waals surface area contributed by atoms with Crippen LogP contribution in [0.4, 0.5) is 23.7 Å². The molecule has 1 aliphatic heterocycles. The van der Waals surface area contributed by atoms with Gasteiger partial charge < -0.3 is 4.74 Å². The van der Waals surface area contributed by atoms with Crippen LogP contribution >= 0.6 is 0 Å². The van der Waals surface area contributed by atoms with E-state index in [9.17, 15) is 26.4 Å². The summed E-state index contributed by atoms with van der Waals surface area (Å²) >= 11 is 0. The molecule has 0 radical (unpaired) electrons. The SMILES string of the molecule is CC1OC(=O)N(CC(F)(F)F)c2ccc(CNS(=O)(=O)c3ccccc3)cc21. The van der Waals surface area contributed by atoms with Crippen LogP contribution in [0.5, 0.6) is 0 Å². The number of sulfonamides is 1. The molecule has 6 nitrogen and oxygen atoms in total. The van der Waals surface area contributed by atoms with Crippen molar-refractivity contribution < 1.29 is 31.1 Å². The maximum atomic E-state index is 12.8. The quantitative estimate of drug-likeness (QED) is 0.809. The summed E-state index contributed by atoms with van der Waals surface area (Å²) in [5, 5.41) is 0. The van der Waals surface area contributed by atoms with E-state index in [1.165, 1.54) is 30.3 Å². The average Bonchev–Trinajstić information content (AvgIpc) is 2.63. The second kappa shape index (κ2) is 7.44. The summed E-state index contributed by atoms with van der Waals surface area (Å²) in [5.74, 6) is 0. The number of ether oxygens (including phenoxy) is 1. The minimum absolute atomic E-state index is 0.0650. The Kier molecular flexibility index (Phi) is 5.35. The number of nitrogens with one attached hydrogen (secondary N) is 1. The molecule has 0 saturated heterocycles. The molecule has 0 saturated carbocycles. The van der Waals surface area contributed by atoms with Crippen molar-refractivity contribution in [2.75, 3.05) is 11.4 Å². The lowest BCUT2D eigenvalue weighted by atomic mass is 10.0. The van der Waals surface area contributed by atoms with Gasteiger partial charge in [-0.15, -0.1) is 0 Å². The molecule has 1 atom stereocenters. The van der Waals surface area contributed by atoms with Crippen molar-refractivity contribution in [1.82, 2.24) is 4.72 Å². The Balaban J connectivity index is 1.83. The first-order valence-electron chi connectivity index (χ1n) is 8.29. The van der Waals surface area contributed by atoms with Crippen LogP contribution in [0, 0.1) is 0 Å². The number of anilines is 1. The molecule has 0 bridgehead atoms. The number of carbonyl (C=O) groups is 1. The molecule has 10 heteroatoms. The number of nitrogens with zero attached hydrogens (tertiary/aromatic N) is 1. The summed E-state index contributed by atoms with van der Waals surface area (Å²) in [6, 6.07) is 12.2. The van der Waals surface area contributed by atoms with Gasteiger partial charge in [-0.25, -0.2) is 17.9 Å². The van der Waals surface area contributed by atoms with E-state index >= 15 is 0 Å². The molecule has 1 unspecified atom stereocenters. The molecule has 3 rings (SSSR count). The molecule has 28 heavy (non-hydrogen) atoms. The van der Waals surface area contributed by atoms with Gasteiger partial charge in [0.05, 0.1) is 10.6 Å². The van der Waals surface area contributed by atoms with Crippen LogP contribution in [0.15, 0.2) is 53.4 Å². The van der Waals surface area contributed by atoms with Crippen molar-refractivity contribution in [3.05, 3.63) is 59.7 Å². The van der Waals surface area contributed by atoms with Gasteiger partial charge in [-0.1, -0.05) is 24.3 Å². The molecule has 1 N–H and O–H groups in total. The van der Waals surface area contributed by atoms with E-state index in [0.29, 0.717) is 16.0 Å². The van der Waals surface area contributed by atoms with Gasteiger partial charge in [0.1, 0.15) is 12.6 Å². The topological polar surface area (TPSA) is 75.7 Å². The second-order valence-electron chi connectivity index (χ2n) is 6.26. The highest BCUT2D eigenvalue weighted by Gasteiger charge is 2.39. The van der Waals surface area contributed by atoms with Gasteiger partial charge in [0.25, 0.3) is 0 Å². The van der Waals surface area contributed by atoms with E-state index in [2.05, 4.69) is 4.72 Å². The molecule has 2 aromatic carbocycles. The van der Waals surface area contributed by atoms with E-state index in [-0.39, 0.29) is 17.1 Å². The minimum atomic E-state index is -4.58. The van der Waals surface area contributed by atoms with Crippen LogP contribution in [0.25, 0.3) is 0 Å². The maximum absolute atomic E-state index is 12.8.